The maximum Gasteiger partial charge on any atom is 0.226 e. The summed E-state index contributed by atoms with van der Waals surface area (Å²) >= 11 is 0. The minimum atomic E-state index is -0.201. The molecule has 0 aliphatic heterocycles. The molecule has 1 N–H and O–H groups in total. The molecule has 21 heavy (non-hydrogen) atoms. The van der Waals surface area contributed by atoms with E-state index >= 15 is 0 Å². The monoisotopic (exact) mass is 288 g/mol. The molecule has 0 aliphatic rings. The number of amides is 1. The van der Waals surface area contributed by atoms with E-state index in [-0.39, 0.29) is 11.8 Å². The lowest BCUT2D eigenvalue weighted by Crippen LogP contribution is -2.26. The first-order valence-electron chi connectivity index (χ1n) is 7.02. The van der Waals surface area contributed by atoms with Crippen molar-refractivity contribution in [2.24, 2.45) is 10.9 Å². The highest BCUT2D eigenvalue weighted by Gasteiger charge is 2.11. The van der Waals surface area contributed by atoms with Crippen LogP contribution < -0.4 is 10.1 Å². The first-order valence-corrected chi connectivity index (χ1v) is 7.02. The number of hydrogen-bond donors (Lipinski definition) is 1. The molecule has 0 saturated carbocycles. The number of nitrogens with one attached hydrogen (secondary N) is 1. The summed E-state index contributed by atoms with van der Waals surface area (Å²) in [4.78, 5) is 15.9. The van der Waals surface area contributed by atoms with Gasteiger partial charge in [0.15, 0.2) is 0 Å². The molecular weight excluding hydrogens is 264 g/mol. The molecule has 4 nitrogen and oxygen atoms in total. The minimum absolute atomic E-state index is 0.0239. The standard InChI is InChI=1S/C17H24N2O2/c1-6-14(17(20)18-4)7-8-19-11-15-10-12(2)9-13(3)16(15)21-5/h6,9-11,14H,1,7-8H2,2-5H3,(H,18,20)/b19-11+. The number of nitrogens with zero attached hydrogens (tertiary/aromatic N) is 1. The van der Waals surface area contributed by atoms with Crippen molar-refractivity contribution < 1.29 is 9.53 Å². The minimum Gasteiger partial charge on any atom is -0.496 e. The third-order valence-corrected chi connectivity index (χ3v) is 3.32. The van der Waals surface area contributed by atoms with Gasteiger partial charge in [-0.25, -0.2) is 0 Å². The molecule has 1 aromatic carbocycles. The topological polar surface area (TPSA) is 50.7 Å². The molecular formula is C17H24N2O2. The Morgan fingerprint density at radius 1 is 1.48 bits per heavy atom. The summed E-state index contributed by atoms with van der Waals surface area (Å²) in [6.45, 7) is 8.32. The summed E-state index contributed by atoms with van der Waals surface area (Å²) in [6, 6.07) is 4.12. The molecule has 0 bridgehead atoms. The number of aryl methyl sites for hydroxylation is 2. The Labute approximate surface area is 126 Å². The number of rotatable bonds is 7. The second kappa shape index (κ2) is 8.25. The molecule has 4 heteroatoms. The highest BCUT2D eigenvalue weighted by atomic mass is 16.5. The number of ether oxygens (including phenoxy) is 1. The van der Waals surface area contributed by atoms with Gasteiger partial charge in [0.25, 0.3) is 0 Å². The summed E-state index contributed by atoms with van der Waals surface area (Å²) in [6.07, 6.45) is 4.11. The van der Waals surface area contributed by atoms with Crippen molar-refractivity contribution in [3.8, 4) is 5.75 Å². The molecule has 0 heterocycles. The summed E-state index contributed by atoms with van der Waals surface area (Å²) in [5.74, 6) is 0.619. The van der Waals surface area contributed by atoms with Crippen molar-refractivity contribution in [3.63, 3.8) is 0 Å². The third-order valence-electron chi connectivity index (χ3n) is 3.32. The number of aliphatic imine (C=N–C) groups is 1. The Morgan fingerprint density at radius 3 is 2.76 bits per heavy atom. The van der Waals surface area contributed by atoms with Gasteiger partial charge in [-0.05, 0) is 37.5 Å². The molecule has 1 aromatic rings. The molecule has 1 rings (SSSR count). The zero-order valence-corrected chi connectivity index (χ0v) is 13.3. The SMILES string of the molecule is C=CC(CC/N=C/c1cc(C)cc(C)c1OC)C(=O)NC. The lowest BCUT2D eigenvalue weighted by atomic mass is 10.0. The van der Waals surface area contributed by atoms with E-state index in [1.807, 2.05) is 26.1 Å². The largest absolute Gasteiger partial charge is 0.496 e. The van der Waals surface area contributed by atoms with Crippen LogP contribution in [0.4, 0.5) is 0 Å². The van der Waals surface area contributed by atoms with Gasteiger partial charge in [0.2, 0.25) is 5.91 Å². The fraction of sp³-hybridized carbons (Fsp3) is 0.412. The van der Waals surface area contributed by atoms with Gasteiger partial charge in [-0.15, -0.1) is 6.58 Å². The highest BCUT2D eigenvalue weighted by molar-refractivity contribution is 5.84. The van der Waals surface area contributed by atoms with E-state index in [1.54, 1.807) is 20.2 Å². The molecule has 1 amide bonds. The second-order valence-electron chi connectivity index (χ2n) is 4.98. The molecule has 0 radical (unpaired) electrons. The molecule has 0 aromatic heterocycles. The number of methoxy groups -OCH3 is 1. The smallest absolute Gasteiger partial charge is 0.226 e. The number of hydrogen-bond acceptors (Lipinski definition) is 3. The summed E-state index contributed by atoms with van der Waals surface area (Å²) in [5, 5.41) is 2.63. The van der Waals surface area contributed by atoms with Gasteiger partial charge in [-0.3, -0.25) is 9.79 Å². The van der Waals surface area contributed by atoms with Crippen LogP contribution in [0.15, 0.2) is 29.8 Å². The van der Waals surface area contributed by atoms with Crippen molar-refractivity contribution in [1.82, 2.24) is 5.32 Å². The van der Waals surface area contributed by atoms with E-state index in [2.05, 4.69) is 23.0 Å². The maximum atomic E-state index is 11.5. The molecule has 1 unspecified atom stereocenters. The molecule has 0 aliphatic carbocycles. The van der Waals surface area contributed by atoms with Crippen LogP contribution in [0.5, 0.6) is 5.75 Å². The fourth-order valence-electron chi connectivity index (χ4n) is 2.28. The Hall–Kier alpha value is -2.10. The predicted octanol–water partition coefficient (Wildman–Crippen LogP) is 2.67. The normalized spacial score (nSPS) is 12.2. The number of carbonyl (C=O) groups excluding carboxylic acids is 1. The van der Waals surface area contributed by atoms with Crippen molar-refractivity contribution in [3.05, 3.63) is 41.5 Å². The lowest BCUT2D eigenvalue weighted by Gasteiger charge is -2.10. The summed E-state index contributed by atoms with van der Waals surface area (Å²) in [7, 11) is 3.29. The first kappa shape index (κ1) is 17.0. The van der Waals surface area contributed by atoms with E-state index in [4.69, 9.17) is 4.74 Å². The zero-order chi connectivity index (χ0) is 15.8. The van der Waals surface area contributed by atoms with Crippen LogP contribution in [0.3, 0.4) is 0 Å². The Morgan fingerprint density at radius 2 is 2.19 bits per heavy atom. The summed E-state index contributed by atoms with van der Waals surface area (Å²) in [5.41, 5.74) is 3.22. The van der Waals surface area contributed by atoms with Crippen LogP contribution in [0.25, 0.3) is 0 Å². The second-order valence-corrected chi connectivity index (χ2v) is 4.98. The molecule has 0 spiro atoms. The van der Waals surface area contributed by atoms with E-state index < -0.39 is 0 Å². The Bertz CT molecular complexity index is 536. The van der Waals surface area contributed by atoms with Crippen molar-refractivity contribution >= 4 is 12.1 Å². The number of benzene rings is 1. The van der Waals surface area contributed by atoms with Crippen molar-refractivity contribution in [2.45, 2.75) is 20.3 Å². The quantitative estimate of drug-likeness (QED) is 0.619. The summed E-state index contributed by atoms with van der Waals surface area (Å²) < 4.78 is 5.41. The lowest BCUT2D eigenvalue weighted by molar-refractivity contribution is -0.123. The molecule has 114 valence electrons. The van der Waals surface area contributed by atoms with Crippen LogP contribution in [-0.2, 0) is 4.79 Å². The first-order chi connectivity index (χ1) is 10.0. The van der Waals surface area contributed by atoms with Crippen LogP contribution in [0.1, 0.15) is 23.1 Å². The average Bonchev–Trinajstić information content (AvgIpc) is 2.46. The van der Waals surface area contributed by atoms with Gasteiger partial charge in [-0.2, -0.15) is 0 Å². The van der Waals surface area contributed by atoms with E-state index in [9.17, 15) is 4.79 Å². The zero-order valence-electron chi connectivity index (χ0n) is 13.3. The van der Waals surface area contributed by atoms with Crippen LogP contribution in [0.2, 0.25) is 0 Å². The molecule has 0 saturated heterocycles. The van der Waals surface area contributed by atoms with Crippen LogP contribution in [-0.4, -0.2) is 32.8 Å². The molecule has 0 fully saturated rings. The van der Waals surface area contributed by atoms with E-state index in [1.165, 1.54) is 5.56 Å². The van der Waals surface area contributed by atoms with Gasteiger partial charge in [0, 0.05) is 25.4 Å². The Kier molecular flexibility index (Phi) is 6.66. The van der Waals surface area contributed by atoms with E-state index in [0.717, 1.165) is 16.9 Å². The molecule has 1 atom stereocenters. The predicted molar refractivity (Wildman–Crippen MR) is 87.3 cm³/mol. The van der Waals surface area contributed by atoms with Gasteiger partial charge in [0.05, 0.1) is 13.0 Å². The fourth-order valence-corrected chi connectivity index (χ4v) is 2.28. The Balaban J connectivity index is 2.73. The van der Waals surface area contributed by atoms with Crippen LogP contribution in [0, 0.1) is 19.8 Å². The van der Waals surface area contributed by atoms with Crippen molar-refractivity contribution in [2.75, 3.05) is 20.7 Å². The average molecular weight is 288 g/mol. The van der Waals surface area contributed by atoms with Crippen molar-refractivity contribution in [1.29, 1.82) is 0 Å². The maximum absolute atomic E-state index is 11.5. The highest BCUT2D eigenvalue weighted by Crippen LogP contribution is 2.23. The number of carbonyl (C=O) groups is 1. The van der Waals surface area contributed by atoms with E-state index in [0.29, 0.717) is 13.0 Å². The van der Waals surface area contributed by atoms with Gasteiger partial charge in [0.1, 0.15) is 5.75 Å². The van der Waals surface area contributed by atoms with Gasteiger partial charge < -0.3 is 10.1 Å². The van der Waals surface area contributed by atoms with Crippen LogP contribution >= 0.6 is 0 Å². The third kappa shape index (κ3) is 4.74. The van der Waals surface area contributed by atoms with Gasteiger partial charge >= 0.3 is 0 Å². The van der Waals surface area contributed by atoms with Gasteiger partial charge in [-0.1, -0.05) is 12.1 Å².